The molecule has 0 bridgehead atoms. The molecule has 21 heavy (non-hydrogen) atoms. The molecule has 0 aliphatic carbocycles. The van der Waals surface area contributed by atoms with E-state index in [0.717, 1.165) is 5.56 Å². The molecular formula is C13H12N4O3S. The highest BCUT2D eigenvalue weighted by Gasteiger charge is 2.08. The molecule has 0 saturated heterocycles. The Balaban J connectivity index is 2.30. The minimum Gasteiger partial charge on any atom is -0.508 e. The van der Waals surface area contributed by atoms with Crippen LogP contribution >= 0.6 is 0 Å². The van der Waals surface area contributed by atoms with Crippen LogP contribution < -0.4 is 5.14 Å². The zero-order chi connectivity index (χ0) is 15.5. The van der Waals surface area contributed by atoms with Crippen molar-refractivity contribution < 1.29 is 13.5 Å². The SMILES string of the molecule is [N-]=[N+]=Nc1ccc(O)c(Cc2ccc(S(N)(=O)=O)cc2)c1. The van der Waals surface area contributed by atoms with E-state index in [-0.39, 0.29) is 10.6 Å². The smallest absolute Gasteiger partial charge is 0.238 e. The number of aromatic hydroxyl groups is 1. The van der Waals surface area contributed by atoms with Gasteiger partial charge in [0.1, 0.15) is 5.75 Å². The van der Waals surface area contributed by atoms with Crippen LogP contribution in [0.4, 0.5) is 5.69 Å². The van der Waals surface area contributed by atoms with Gasteiger partial charge in [0, 0.05) is 17.0 Å². The van der Waals surface area contributed by atoms with E-state index in [9.17, 15) is 13.5 Å². The van der Waals surface area contributed by atoms with E-state index in [4.69, 9.17) is 10.7 Å². The zero-order valence-corrected chi connectivity index (χ0v) is 11.7. The lowest BCUT2D eigenvalue weighted by Crippen LogP contribution is -2.11. The third-order valence-electron chi connectivity index (χ3n) is 2.87. The number of nitrogens with two attached hydrogens (primary N) is 1. The molecule has 0 fully saturated rings. The quantitative estimate of drug-likeness (QED) is 0.511. The Kier molecular flexibility index (Phi) is 4.13. The standard InChI is InChI=1S/C13H12N4O3S/c14-17-16-11-3-6-13(18)10(8-11)7-9-1-4-12(5-2-9)21(15,19)20/h1-6,8,18H,7H2,(H2,15,19,20). The first kappa shape index (κ1) is 14.9. The van der Waals surface area contributed by atoms with Gasteiger partial charge in [-0.05, 0) is 47.0 Å². The molecule has 108 valence electrons. The first-order valence-electron chi connectivity index (χ1n) is 5.89. The molecule has 2 aromatic rings. The summed E-state index contributed by atoms with van der Waals surface area (Å²) in [6.45, 7) is 0. The maximum absolute atomic E-state index is 11.2. The van der Waals surface area contributed by atoms with Crippen molar-refractivity contribution in [3.05, 3.63) is 64.0 Å². The summed E-state index contributed by atoms with van der Waals surface area (Å²) in [5.41, 5.74) is 10.2. The van der Waals surface area contributed by atoms with Crippen LogP contribution in [0.5, 0.6) is 5.75 Å². The molecule has 0 aromatic heterocycles. The summed E-state index contributed by atoms with van der Waals surface area (Å²) in [7, 11) is -3.72. The van der Waals surface area contributed by atoms with Crippen molar-refractivity contribution in [2.24, 2.45) is 10.3 Å². The maximum Gasteiger partial charge on any atom is 0.238 e. The lowest BCUT2D eigenvalue weighted by molar-refractivity contribution is 0.469. The molecule has 0 heterocycles. The Morgan fingerprint density at radius 3 is 2.43 bits per heavy atom. The Morgan fingerprint density at radius 1 is 1.19 bits per heavy atom. The Bertz CT molecular complexity index is 810. The lowest BCUT2D eigenvalue weighted by Gasteiger charge is -2.06. The molecule has 7 nitrogen and oxygen atoms in total. The minimum atomic E-state index is -3.72. The predicted octanol–water partition coefficient (Wildman–Crippen LogP) is 2.57. The fraction of sp³-hybridized carbons (Fsp3) is 0.0769. The second-order valence-corrected chi connectivity index (χ2v) is 5.93. The van der Waals surface area contributed by atoms with Gasteiger partial charge in [-0.25, -0.2) is 13.6 Å². The van der Waals surface area contributed by atoms with Crippen LogP contribution in [0, 0.1) is 0 Å². The molecule has 0 radical (unpaired) electrons. The first-order chi connectivity index (χ1) is 9.90. The van der Waals surface area contributed by atoms with Gasteiger partial charge in [-0.2, -0.15) is 0 Å². The average Bonchev–Trinajstić information content (AvgIpc) is 2.42. The topological polar surface area (TPSA) is 129 Å². The van der Waals surface area contributed by atoms with Crippen molar-refractivity contribution in [3.63, 3.8) is 0 Å². The number of phenols is 1. The van der Waals surface area contributed by atoms with Crippen molar-refractivity contribution >= 4 is 15.7 Å². The van der Waals surface area contributed by atoms with Crippen LogP contribution in [0.15, 0.2) is 52.5 Å². The van der Waals surface area contributed by atoms with Crippen molar-refractivity contribution in [2.75, 3.05) is 0 Å². The van der Waals surface area contributed by atoms with Crippen LogP contribution in [0.25, 0.3) is 10.4 Å². The van der Waals surface area contributed by atoms with Gasteiger partial charge in [0.2, 0.25) is 10.0 Å². The van der Waals surface area contributed by atoms with Gasteiger partial charge in [0.05, 0.1) is 4.90 Å². The van der Waals surface area contributed by atoms with E-state index < -0.39 is 10.0 Å². The highest BCUT2D eigenvalue weighted by atomic mass is 32.2. The van der Waals surface area contributed by atoms with Gasteiger partial charge < -0.3 is 5.11 Å². The summed E-state index contributed by atoms with van der Waals surface area (Å²) in [4.78, 5) is 2.71. The van der Waals surface area contributed by atoms with Crippen LogP contribution in [-0.4, -0.2) is 13.5 Å². The van der Waals surface area contributed by atoms with Crippen molar-refractivity contribution in [3.8, 4) is 5.75 Å². The molecular weight excluding hydrogens is 292 g/mol. The fourth-order valence-electron chi connectivity index (χ4n) is 1.84. The summed E-state index contributed by atoms with van der Waals surface area (Å²) in [6, 6.07) is 10.5. The largest absolute Gasteiger partial charge is 0.508 e. The third-order valence-corrected chi connectivity index (χ3v) is 3.80. The molecule has 0 saturated carbocycles. The number of hydrogen-bond acceptors (Lipinski definition) is 4. The van der Waals surface area contributed by atoms with Crippen LogP contribution in [-0.2, 0) is 16.4 Å². The summed E-state index contributed by atoms with van der Waals surface area (Å²) < 4.78 is 22.3. The first-order valence-corrected chi connectivity index (χ1v) is 7.43. The van der Waals surface area contributed by atoms with E-state index >= 15 is 0 Å². The average molecular weight is 304 g/mol. The van der Waals surface area contributed by atoms with E-state index in [2.05, 4.69) is 10.0 Å². The van der Waals surface area contributed by atoms with Gasteiger partial charge in [0.15, 0.2) is 0 Å². The number of azide groups is 1. The van der Waals surface area contributed by atoms with Crippen LogP contribution in [0.2, 0.25) is 0 Å². The normalized spacial score (nSPS) is 10.9. The predicted molar refractivity (Wildman–Crippen MR) is 77.5 cm³/mol. The molecule has 2 aromatic carbocycles. The number of hydrogen-bond donors (Lipinski definition) is 2. The van der Waals surface area contributed by atoms with Gasteiger partial charge in [0.25, 0.3) is 0 Å². The van der Waals surface area contributed by atoms with Gasteiger partial charge >= 0.3 is 0 Å². The van der Waals surface area contributed by atoms with Crippen molar-refractivity contribution in [1.29, 1.82) is 0 Å². The summed E-state index contributed by atoms with van der Waals surface area (Å²) in [5, 5.41) is 18.3. The molecule has 0 atom stereocenters. The summed E-state index contributed by atoms with van der Waals surface area (Å²) in [6.07, 6.45) is 0.367. The Morgan fingerprint density at radius 2 is 1.86 bits per heavy atom. The minimum absolute atomic E-state index is 0.0262. The van der Waals surface area contributed by atoms with Crippen LogP contribution in [0.3, 0.4) is 0 Å². The molecule has 3 N–H and O–H groups in total. The molecule has 0 unspecified atom stereocenters. The number of sulfonamides is 1. The van der Waals surface area contributed by atoms with Crippen LogP contribution in [0.1, 0.15) is 11.1 Å². The number of primary sulfonamides is 1. The number of phenolic OH excluding ortho intramolecular Hbond substituents is 1. The lowest BCUT2D eigenvalue weighted by atomic mass is 10.0. The Hall–Kier alpha value is -2.54. The van der Waals surface area contributed by atoms with Crippen molar-refractivity contribution in [1.82, 2.24) is 0 Å². The molecule has 8 heteroatoms. The molecule has 2 rings (SSSR count). The van der Waals surface area contributed by atoms with E-state index in [0.29, 0.717) is 17.7 Å². The fourth-order valence-corrected chi connectivity index (χ4v) is 2.36. The maximum atomic E-state index is 11.2. The number of benzene rings is 2. The zero-order valence-electron chi connectivity index (χ0n) is 10.8. The summed E-state index contributed by atoms with van der Waals surface area (Å²) in [5.74, 6) is 0.0717. The molecule has 0 amide bonds. The highest BCUT2D eigenvalue weighted by molar-refractivity contribution is 7.89. The third kappa shape index (κ3) is 3.73. The number of nitrogens with zero attached hydrogens (tertiary/aromatic N) is 3. The summed E-state index contributed by atoms with van der Waals surface area (Å²) >= 11 is 0. The molecule has 0 aliphatic heterocycles. The van der Waals surface area contributed by atoms with E-state index in [1.165, 1.54) is 24.3 Å². The van der Waals surface area contributed by atoms with E-state index in [1.807, 2.05) is 0 Å². The van der Waals surface area contributed by atoms with Gasteiger partial charge in [-0.1, -0.05) is 17.2 Å². The molecule has 0 aliphatic rings. The Labute approximate surface area is 121 Å². The van der Waals surface area contributed by atoms with Gasteiger partial charge in [-0.3, -0.25) is 0 Å². The second-order valence-electron chi connectivity index (χ2n) is 4.37. The molecule has 0 spiro atoms. The van der Waals surface area contributed by atoms with E-state index in [1.54, 1.807) is 18.2 Å². The number of rotatable bonds is 4. The second kappa shape index (κ2) is 5.84. The van der Waals surface area contributed by atoms with Crippen molar-refractivity contribution in [2.45, 2.75) is 11.3 Å². The monoisotopic (exact) mass is 304 g/mol. The van der Waals surface area contributed by atoms with Gasteiger partial charge in [-0.15, -0.1) is 0 Å². The highest BCUT2D eigenvalue weighted by Crippen LogP contribution is 2.26.